The molecular formula is C26H37N3O4S. The van der Waals surface area contributed by atoms with Crippen molar-refractivity contribution in [2.45, 2.75) is 44.6 Å². The first-order chi connectivity index (χ1) is 16.3. The minimum absolute atomic E-state index is 0.153. The third-order valence-corrected chi connectivity index (χ3v) is 8.55. The van der Waals surface area contributed by atoms with Crippen molar-refractivity contribution in [1.29, 1.82) is 0 Å². The van der Waals surface area contributed by atoms with E-state index in [4.69, 9.17) is 4.74 Å². The summed E-state index contributed by atoms with van der Waals surface area (Å²) in [5, 5.41) is 3.10. The standard InChI is InChI=1S/C26H37N3O4S/c1-5-21(6-2)25(29-15-17-33-18-16-29)19-27-26(30)22-9-11-23(12-10-22)28(4)34(31,32)24-13-7-20(3)8-14-24/h7-14,21,25H,5-6,15-19H2,1-4H3,(H,27,30). The van der Waals surface area contributed by atoms with E-state index >= 15 is 0 Å². The molecule has 0 radical (unpaired) electrons. The van der Waals surface area contributed by atoms with E-state index in [1.807, 2.05) is 6.92 Å². The second-order valence-electron chi connectivity index (χ2n) is 8.83. The lowest BCUT2D eigenvalue weighted by Gasteiger charge is -2.38. The van der Waals surface area contributed by atoms with Gasteiger partial charge in [0.15, 0.2) is 0 Å². The van der Waals surface area contributed by atoms with Crippen LogP contribution in [0.15, 0.2) is 53.4 Å². The third-order valence-electron chi connectivity index (χ3n) is 6.75. The van der Waals surface area contributed by atoms with E-state index in [1.165, 1.54) is 11.4 Å². The first-order valence-corrected chi connectivity index (χ1v) is 13.5. The molecule has 1 unspecified atom stereocenters. The predicted molar refractivity (Wildman–Crippen MR) is 136 cm³/mol. The first-order valence-electron chi connectivity index (χ1n) is 12.0. The van der Waals surface area contributed by atoms with Crippen LogP contribution in [0.2, 0.25) is 0 Å². The maximum absolute atomic E-state index is 12.9. The van der Waals surface area contributed by atoms with Gasteiger partial charge in [-0.05, 0) is 49.2 Å². The number of hydrogen-bond acceptors (Lipinski definition) is 5. The van der Waals surface area contributed by atoms with Crippen LogP contribution in [0, 0.1) is 12.8 Å². The zero-order valence-electron chi connectivity index (χ0n) is 20.7. The SMILES string of the molecule is CCC(CC)C(CNC(=O)c1ccc(N(C)S(=O)(=O)c2ccc(C)cc2)cc1)N1CCOCC1. The van der Waals surface area contributed by atoms with Crippen LogP contribution in [0.3, 0.4) is 0 Å². The molecule has 1 fully saturated rings. The average Bonchev–Trinajstić information content (AvgIpc) is 2.86. The highest BCUT2D eigenvalue weighted by Crippen LogP contribution is 2.23. The van der Waals surface area contributed by atoms with E-state index in [2.05, 4.69) is 24.1 Å². The Hall–Kier alpha value is -2.42. The summed E-state index contributed by atoms with van der Waals surface area (Å²) in [6.07, 6.45) is 2.12. The Kier molecular flexibility index (Phi) is 9.10. The van der Waals surface area contributed by atoms with Gasteiger partial charge in [-0.3, -0.25) is 14.0 Å². The zero-order valence-corrected chi connectivity index (χ0v) is 21.5. The lowest BCUT2D eigenvalue weighted by molar-refractivity contribution is 0.00191. The highest BCUT2D eigenvalue weighted by Gasteiger charge is 2.27. The summed E-state index contributed by atoms with van der Waals surface area (Å²) < 4.78 is 32.6. The molecule has 0 spiro atoms. The minimum Gasteiger partial charge on any atom is -0.379 e. The monoisotopic (exact) mass is 487 g/mol. The van der Waals surface area contributed by atoms with Gasteiger partial charge in [0.2, 0.25) is 0 Å². The fourth-order valence-corrected chi connectivity index (χ4v) is 5.66. The first kappa shape index (κ1) is 26.2. The summed E-state index contributed by atoms with van der Waals surface area (Å²) in [4.78, 5) is 15.5. The lowest BCUT2D eigenvalue weighted by Crippen LogP contribution is -2.52. The van der Waals surface area contributed by atoms with E-state index < -0.39 is 10.0 Å². The number of morpholine rings is 1. The van der Waals surface area contributed by atoms with Crippen molar-refractivity contribution >= 4 is 21.6 Å². The molecule has 1 aliphatic rings. The number of sulfonamides is 1. The van der Waals surface area contributed by atoms with Crippen molar-refractivity contribution < 1.29 is 17.9 Å². The smallest absolute Gasteiger partial charge is 0.264 e. The van der Waals surface area contributed by atoms with Crippen molar-refractivity contribution in [2.75, 3.05) is 44.2 Å². The molecule has 186 valence electrons. The number of hydrogen-bond donors (Lipinski definition) is 1. The minimum atomic E-state index is -3.67. The normalized spacial score (nSPS) is 15.8. The number of rotatable bonds is 10. The van der Waals surface area contributed by atoms with E-state index in [0.717, 1.165) is 44.7 Å². The Morgan fingerprint density at radius 1 is 1.03 bits per heavy atom. The van der Waals surface area contributed by atoms with E-state index in [9.17, 15) is 13.2 Å². The molecule has 1 aliphatic heterocycles. The Balaban J connectivity index is 1.67. The van der Waals surface area contributed by atoms with Crippen LogP contribution >= 0.6 is 0 Å². The van der Waals surface area contributed by atoms with Crippen LogP contribution < -0.4 is 9.62 Å². The second kappa shape index (κ2) is 11.8. The number of ether oxygens (including phenoxy) is 1. The molecule has 0 bridgehead atoms. The van der Waals surface area contributed by atoms with Crippen molar-refractivity contribution in [3.8, 4) is 0 Å². The van der Waals surface area contributed by atoms with E-state index in [0.29, 0.717) is 23.7 Å². The summed E-state index contributed by atoms with van der Waals surface area (Å²) in [5.41, 5.74) is 2.01. The molecule has 1 heterocycles. The van der Waals surface area contributed by atoms with Gasteiger partial charge in [0, 0.05) is 38.3 Å². The van der Waals surface area contributed by atoms with Gasteiger partial charge in [-0.2, -0.15) is 0 Å². The average molecular weight is 488 g/mol. The van der Waals surface area contributed by atoms with E-state index in [1.54, 1.807) is 48.5 Å². The van der Waals surface area contributed by atoms with Crippen LogP contribution in [-0.4, -0.2) is 65.2 Å². The molecule has 2 aromatic rings. The maximum atomic E-state index is 12.9. The number of amides is 1. The highest BCUT2D eigenvalue weighted by molar-refractivity contribution is 7.92. The number of benzene rings is 2. The van der Waals surface area contributed by atoms with Gasteiger partial charge in [-0.1, -0.05) is 44.4 Å². The summed E-state index contributed by atoms with van der Waals surface area (Å²) in [7, 11) is -2.15. The number of anilines is 1. The van der Waals surface area contributed by atoms with Gasteiger partial charge >= 0.3 is 0 Å². The highest BCUT2D eigenvalue weighted by atomic mass is 32.2. The molecular weight excluding hydrogens is 450 g/mol. The van der Waals surface area contributed by atoms with Crippen LogP contribution in [-0.2, 0) is 14.8 Å². The number of nitrogens with zero attached hydrogens (tertiary/aromatic N) is 2. The van der Waals surface area contributed by atoms with Crippen LogP contribution in [0.1, 0.15) is 42.6 Å². The number of aryl methyl sites for hydroxylation is 1. The van der Waals surface area contributed by atoms with Gasteiger partial charge in [0.05, 0.1) is 23.8 Å². The molecule has 0 aromatic heterocycles. The van der Waals surface area contributed by atoms with Crippen LogP contribution in [0.5, 0.6) is 0 Å². The molecule has 2 aromatic carbocycles. The largest absolute Gasteiger partial charge is 0.379 e. The molecule has 1 atom stereocenters. The molecule has 1 saturated heterocycles. The van der Waals surface area contributed by atoms with Crippen LogP contribution in [0.4, 0.5) is 5.69 Å². The molecule has 1 N–H and O–H groups in total. The third kappa shape index (κ3) is 6.17. The molecule has 0 saturated carbocycles. The van der Waals surface area contributed by atoms with Gasteiger partial charge in [0.1, 0.15) is 0 Å². The summed E-state index contributed by atoms with van der Waals surface area (Å²) in [6.45, 7) is 10.1. The van der Waals surface area contributed by atoms with E-state index in [-0.39, 0.29) is 16.8 Å². The Labute approximate surface area is 204 Å². The van der Waals surface area contributed by atoms with Gasteiger partial charge in [-0.25, -0.2) is 8.42 Å². The van der Waals surface area contributed by atoms with Crippen LogP contribution in [0.25, 0.3) is 0 Å². The van der Waals surface area contributed by atoms with Crippen molar-refractivity contribution in [3.63, 3.8) is 0 Å². The summed E-state index contributed by atoms with van der Waals surface area (Å²) >= 11 is 0. The maximum Gasteiger partial charge on any atom is 0.264 e. The van der Waals surface area contributed by atoms with Crippen molar-refractivity contribution in [2.24, 2.45) is 5.92 Å². The zero-order chi connectivity index (χ0) is 24.7. The molecule has 34 heavy (non-hydrogen) atoms. The summed E-state index contributed by atoms with van der Waals surface area (Å²) in [6, 6.07) is 13.7. The van der Waals surface area contributed by atoms with Crippen molar-refractivity contribution in [1.82, 2.24) is 10.2 Å². The number of carbonyl (C=O) groups excluding carboxylic acids is 1. The molecule has 0 aliphatic carbocycles. The number of nitrogens with one attached hydrogen (secondary N) is 1. The molecule has 7 nitrogen and oxygen atoms in total. The van der Waals surface area contributed by atoms with Gasteiger partial charge in [0.25, 0.3) is 15.9 Å². The molecule has 8 heteroatoms. The fraction of sp³-hybridized carbons (Fsp3) is 0.500. The fourth-order valence-electron chi connectivity index (χ4n) is 4.47. The van der Waals surface area contributed by atoms with Gasteiger partial charge < -0.3 is 10.1 Å². The Morgan fingerprint density at radius 2 is 1.62 bits per heavy atom. The Morgan fingerprint density at radius 3 is 2.18 bits per heavy atom. The van der Waals surface area contributed by atoms with Gasteiger partial charge in [-0.15, -0.1) is 0 Å². The lowest BCUT2D eigenvalue weighted by atomic mass is 9.92. The number of carbonyl (C=O) groups is 1. The second-order valence-corrected chi connectivity index (χ2v) is 10.8. The predicted octanol–water partition coefficient (Wildman–Crippen LogP) is 3.69. The topological polar surface area (TPSA) is 79.0 Å². The molecule has 1 amide bonds. The Bertz CT molecular complexity index is 1030. The summed E-state index contributed by atoms with van der Waals surface area (Å²) in [5.74, 6) is 0.348. The molecule has 3 rings (SSSR count). The quantitative estimate of drug-likeness (QED) is 0.553. The van der Waals surface area contributed by atoms with Crippen molar-refractivity contribution in [3.05, 3.63) is 59.7 Å².